The summed E-state index contributed by atoms with van der Waals surface area (Å²) in [5.41, 5.74) is 1.60. The van der Waals surface area contributed by atoms with Crippen LogP contribution < -0.4 is 5.69 Å². The van der Waals surface area contributed by atoms with Crippen molar-refractivity contribution in [1.29, 1.82) is 0 Å². The van der Waals surface area contributed by atoms with Gasteiger partial charge in [0, 0.05) is 24.5 Å². The Morgan fingerprint density at radius 2 is 1.94 bits per heavy atom. The first-order valence-corrected chi connectivity index (χ1v) is 5.81. The van der Waals surface area contributed by atoms with E-state index in [2.05, 4.69) is 4.98 Å². The highest BCUT2D eigenvalue weighted by molar-refractivity contribution is 5.06. The average molecular weight is 224 g/mol. The van der Waals surface area contributed by atoms with Crippen LogP contribution in [-0.4, -0.2) is 21.3 Å². The highest BCUT2D eigenvalue weighted by Crippen LogP contribution is 2.03. The van der Waals surface area contributed by atoms with Gasteiger partial charge in [0.2, 0.25) is 0 Å². The predicted molar refractivity (Wildman–Crippen MR) is 63.5 cm³/mol. The van der Waals surface area contributed by atoms with Crippen molar-refractivity contribution in [3.8, 4) is 0 Å². The lowest BCUT2D eigenvalue weighted by atomic mass is 10.2. The van der Waals surface area contributed by atoms with Gasteiger partial charge < -0.3 is 5.11 Å². The standard InChI is InChI=1S/C12H20N2O2/c1-10-9-11(2)14(12(16)13-10)7-5-3-4-6-8-15/h9,15H,3-8H2,1-2H3. The first kappa shape index (κ1) is 12.9. The minimum Gasteiger partial charge on any atom is -0.396 e. The second-order valence-electron chi connectivity index (χ2n) is 4.11. The van der Waals surface area contributed by atoms with E-state index in [0.717, 1.165) is 43.6 Å². The molecule has 0 aliphatic carbocycles. The Balaban J connectivity index is 2.51. The average Bonchev–Trinajstić information content (AvgIpc) is 2.20. The van der Waals surface area contributed by atoms with E-state index < -0.39 is 0 Å². The van der Waals surface area contributed by atoms with Gasteiger partial charge >= 0.3 is 5.69 Å². The van der Waals surface area contributed by atoms with Gasteiger partial charge in [-0.05, 0) is 32.8 Å². The molecule has 1 heterocycles. The van der Waals surface area contributed by atoms with Gasteiger partial charge in [-0.15, -0.1) is 0 Å². The van der Waals surface area contributed by atoms with E-state index in [1.807, 2.05) is 19.9 Å². The van der Waals surface area contributed by atoms with Gasteiger partial charge in [-0.25, -0.2) is 4.79 Å². The molecule has 0 saturated carbocycles. The largest absolute Gasteiger partial charge is 0.396 e. The Bertz CT molecular complexity index is 385. The fourth-order valence-corrected chi connectivity index (χ4v) is 1.78. The third-order valence-electron chi connectivity index (χ3n) is 2.64. The lowest BCUT2D eigenvalue weighted by Crippen LogP contribution is -2.25. The second kappa shape index (κ2) is 6.43. The van der Waals surface area contributed by atoms with Crippen LogP contribution in [0.1, 0.15) is 37.1 Å². The van der Waals surface area contributed by atoms with Crippen LogP contribution in [0.15, 0.2) is 10.9 Å². The highest BCUT2D eigenvalue weighted by atomic mass is 16.2. The fourth-order valence-electron chi connectivity index (χ4n) is 1.78. The molecule has 1 N–H and O–H groups in total. The Morgan fingerprint density at radius 3 is 2.56 bits per heavy atom. The molecule has 1 aromatic rings. The lowest BCUT2D eigenvalue weighted by molar-refractivity contribution is 0.282. The molecule has 4 heteroatoms. The van der Waals surface area contributed by atoms with Gasteiger partial charge in [0.15, 0.2) is 0 Å². The summed E-state index contributed by atoms with van der Waals surface area (Å²) in [4.78, 5) is 15.5. The Hall–Kier alpha value is -1.16. The maximum Gasteiger partial charge on any atom is 0.347 e. The molecule has 0 amide bonds. The SMILES string of the molecule is Cc1cc(C)n(CCCCCCO)c(=O)n1. The zero-order chi connectivity index (χ0) is 12.0. The summed E-state index contributed by atoms with van der Waals surface area (Å²) in [7, 11) is 0. The zero-order valence-corrected chi connectivity index (χ0v) is 10.1. The summed E-state index contributed by atoms with van der Waals surface area (Å²) in [5.74, 6) is 0. The van der Waals surface area contributed by atoms with Crippen LogP contribution in [0.5, 0.6) is 0 Å². The molecule has 0 spiro atoms. The van der Waals surface area contributed by atoms with Crippen molar-refractivity contribution in [3.05, 3.63) is 27.9 Å². The fraction of sp³-hybridized carbons (Fsp3) is 0.667. The normalized spacial score (nSPS) is 10.7. The van der Waals surface area contributed by atoms with Crippen LogP contribution >= 0.6 is 0 Å². The monoisotopic (exact) mass is 224 g/mol. The van der Waals surface area contributed by atoms with Gasteiger partial charge in [0.25, 0.3) is 0 Å². The predicted octanol–water partition coefficient (Wildman–Crippen LogP) is 1.41. The Labute approximate surface area is 96.0 Å². The molecule has 90 valence electrons. The van der Waals surface area contributed by atoms with Crippen LogP contribution in [0.4, 0.5) is 0 Å². The topological polar surface area (TPSA) is 55.1 Å². The van der Waals surface area contributed by atoms with Crippen LogP contribution in [0.3, 0.4) is 0 Å². The summed E-state index contributed by atoms with van der Waals surface area (Å²) in [6.45, 7) is 4.75. The quantitative estimate of drug-likeness (QED) is 0.743. The number of aliphatic hydroxyl groups is 1. The number of rotatable bonds is 6. The number of hydrogen-bond donors (Lipinski definition) is 1. The summed E-state index contributed by atoms with van der Waals surface area (Å²) >= 11 is 0. The molecule has 0 aromatic carbocycles. The number of aryl methyl sites for hydroxylation is 2. The molecule has 0 aliphatic rings. The molecule has 0 saturated heterocycles. The molecular weight excluding hydrogens is 204 g/mol. The van der Waals surface area contributed by atoms with Crippen LogP contribution in [-0.2, 0) is 6.54 Å². The Kier molecular flexibility index (Phi) is 5.19. The number of aromatic nitrogens is 2. The third kappa shape index (κ3) is 3.77. The Morgan fingerprint density at radius 1 is 1.25 bits per heavy atom. The highest BCUT2D eigenvalue weighted by Gasteiger charge is 2.02. The van der Waals surface area contributed by atoms with Crippen molar-refractivity contribution in [1.82, 2.24) is 9.55 Å². The molecule has 0 fully saturated rings. The molecule has 16 heavy (non-hydrogen) atoms. The summed E-state index contributed by atoms with van der Waals surface area (Å²) in [5, 5.41) is 8.64. The minimum absolute atomic E-state index is 0.153. The molecule has 0 bridgehead atoms. The van der Waals surface area contributed by atoms with Crippen molar-refractivity contribution in [2.24, 2.45) is 0 Å². The van der Waals surface area contributed by atoms with Gasteiger partial charge in [-0.2, -0.15) is 4.98 Å². The van der Waals surface area contributed by atoms with Crippen LogP contribution in [0.2, 0.25) is 0 Å². The van der Waals surface area contributed by atoms with E-state index in [1.54, 1.807) is 4.57 Å². The molecule has 0 unspecified atom stereocenters. The molecule has 1 rings (SSSR count). The van der Waals surface area contributed by atoms with Gasteiger partial charge in [-0.1, -0.05) is 12.8 Å². The lowest BCUT2D eigenvalue weighted by Gasteiger charge is -2.09. The van der Waals surface area contributed by atoms with E-state index in [0.29, 0.717) is 0 Å². The van der Waals surface area contributed by atoms with Gasteiger partial charge in [-0.3, -0.25) is 4.57 Å². The van der Waals surface area contributed by atoms with E-state index in [9.17, 15) is 4.79 Å². The molecule has 0 radical (unpaired) electrons. The maximum absolute atomic E-state index is 11.6. The van der Waals surface area contributed by atoms with Crippen molar-refractivity contribution in [3.63, 3.8) is 0 Å². The molecule has 1 aromatic heterocycles. The van der Waals surface area contributed by atoms with E-state index in [1.165, 1.54) is 0 Å². The summed E-state index contributed by atoms with van der Waals surface area (Å²) < 4.78 is 1.71. The minimum atomic E-state index is -0.153. The second-order valence-corrected chi connectivity index (χ2v) is 4.11. The summed E-state index contributed by atoms with van der Waals surface area (Å²) in [6, 6.07) is 1.93. The number of hydrogen-bond acceptors (Lipinski definition) is 3. The third-order valence-corrected chi connectivity index (χ3v) is 2.64. The van der Waals surface area contributed by atoms with E-state index in [-0.39, 0.29) is 12.3 Å². The number of nitrogens with zero attached hydrogens (tertiary/aromatic N) is 2. The van der Waals surface area contributed by atoms with Gasteiger partial charge in [0.05, 0.1) is 0 Å². The molecule has 4 nitrogen and oxygen atoms in total. The first-order chi connectivity index (χ1) is 7.65. The van der Waals surface area contributed by atoms with Crippen LogP contribution in [0, 0.1) is 13.8 Å². The van der Waals surface area contributed by atoms with E-state index >= 15 is 0 Å². The smallest absolute Gasteiger partial charge is 0.347 e. The van der Waals surface area contributed by atoms with Crippen molar-refractivity contribution >= 4 is 0 Å². The first-order valence-electron chi connectivity index (χ1n) is 5.81. The van der Waals surface area contributed by atoms with Crippen molar-refractivity contribution < 1.29 is 5.11 Å². The summed E-state index contributed by atoms with van der Waals surface area (Å²) in [6.07, 6.45) is 3.87. The number of aliphatic hydroxyl groups excluding tert-OH is 1. The molecular formula is C12H20N2O2. The molecule has 0 aliphatic heterocycles. The van der Waals surface area contributed by atoms with Crippen molar-refractivity contribution in [2.75, 3.05) is 6.61 Å². The van der Waals surface area contributed by atoms with Crippen LogP contribution in [0.25, 0.3) is 0 Å². The number of unbranched alkanes of at least 4 members (excludes halogenated alkanes) is 3. The maximum atomic E-state index is 11.6. The molecule has 0 atom stereocenters. The van der Waals surface area contributed by atoms with Gasteiger partial charge in [0.1, 0.15) is 0 Å². The van der Waals surface area contributed by atoms with E-state index in [4.69, 9.17) is 5.11 Å². The zero-order valence-electron chi connectivity index (χ0n) is 10.1. The van der Waals surface area contributed by atoms with Crippen molar-refractivity contribution in [2.45, 2.75) is 46.1 Å².